The highest BCUT2D eigenvalue weighted by molar-refractivity contribution is 6.34. The lowest BCUT2D eigenvalue weighted by molar-refractivity contribution is -0.123. The van der Waals surface area contributed by atoms with Crippen LogP contribution in [0.2, 0.25) is 5.02 Å². The van der Waals surface area contributed by atoms with Gasteiger partial charge in [-0.15, -0.1) is 0 Å². The number of hydrogen-bond donors (Lipinski definition) is 4. The van der Waals surface area contributed by atoms with Gasteiger partial charge in [-0.05, 0) is 75.7 Å². The summed E-state index contributed by atoms with van der Waals surface area (Å²) in [4.78, 5) is 31.8. The molecule has 1 fully saturated rings. The maximum Gasteiger partial charge on any atom is 0.405 e. The summed E-state index contributed by atoms with van der Waals surface area (Å²) in [6, 6.07) is 11.8. The molecule has 1 aliphatic rings. The van der Waals surface area contributed by atoms with Crippen molar-refractivity contribution in [2.75, 3.05) is 31.2 Å². The molecule has 1 saturated heterocycles. The highest BCUT2D eigenvalue weighted by atomic mass is 35.5. The first-order valence-electron chi connectivity index (χ1n) is 15.5. The number of nitrogens with zero attached hydrogens (tertiary/aromatic N) is 3. The Labute approximate surface area is 286 Å². The van der Waals surface area contributed by atoms with E-state index in [-0.39, 0.29) is 28.4 Å². The van der Waals surface area contributed by atoms with E-state index in [1.165, 1.54) is 18.3 Å². The molecule has 5 rings (SSSR count). The van der Waals surface area contributed by atoms with Crippen LogP contribution in [0.25, 0.3) is 33.3 Å². The average molecular weight is 693 g/mol. The molecule has 49 heavy (non-hydrogen) atoms. The van der Waals surface area contributed by atoms with Crippen LogP contribution in [0.15, 0.2) is 60.8 Å². The zero-order valence-corrected chi connectivity index (χ0v) is 28.1. The Morgan fingerprint density at radius 1 is 1.14 bits per heavy atom. The van der Waals surface area contributed by atoms with Crippen LogP contribution in [-0.4, -0.2) is 69.3 Å². The predicted octanol–water partition coefficient (Wildman–Crippen LogP) is 6.15. The summed E-state index contributed by atoms with van der Waals surface area (Å²) in [5, 5.41) is 15.5. The number of alkyl halides is 3. The van der Waals surface area contributed by atoms with Gasteiger partial charge in [0.25, 0.3) is 5.91 Å². The Morgan fingerprint density at radius 3 is 2.45 bits per heavy atom. The van der Waals surface area contributed by atoms with Crippen LogP contribution in [0.4, 0.5) is 24.7 Å². The Kier molecular flexibility index (Phi) is 10.1. The van der Waals surface area contributed by atoms with Gasteiger partial charge in [0.15, 0.2) is 0 Å². The van der Waals surface area contributed by atoms with Gasteiger partial charge in [-0.25, -0.2) is 4.98 Å². The van der Waals surface area contributed by atoms with E-state index >= 15 is 0 Å². The predicted molar refractivity (Wildman–Crippen MR) is 186 cm³/mol. The minimum absolute atomic E-state index is 0.0699. The van der Waals surface area contributed by atoms with Crippen LogP contribution in [0, 0.1) is 11.8 Å². The highest BCUT2D eigenvalue weighted by Crippen LogP contribution is 2.44. The molecule has 2 aromatic heterocycles. The van der Waals surface area contributed by atoms with Crippen molar-refractivity contribution in [1.29, 1.82) is 0 Å². The number of anilines is 2. The van der Waals surface area contributed by atoms with Crippen molar-refractivity contribution in [2.24, 2.45) is 7.05 Å². The van der Waals surface area contributed by atoms with E-state index in [4.69, 9.17) is 17.3 Å². The number of aromatic nitrogens is 2. The normalized spacial score (nSPS) is 15.4. The number of likely N-dealkylation sites (tertiary alicyclic amines) is 1. The fourth-order valence-electron chi connectivity index (χ4n) is 5.84. The van der Waals surface area contributed by atoms with E-state index in [1.807, 2.05) is 42.2 Å². The molecule has 1 atom stereocenters. The number of carbonyl (C=O) groups excluding carboxylic acids is 2. The first-order chi connectivity index (χ1) is 23.0. The van der Waals surface area contributed by atoms with E-state index in [0.29, 0.717) is 39.0 Å². The molecule has 13 heteroatoms. The molecule has 0 bridgehead atoms. The molecule has 0 unspecified atom stereocenters. The van der Waals surface area contributed by atoms with Crippen LogP contribution in [0.5, 0.6) is 0 Å². The van der Waals surface area contributed by atoms with Crippen LogP contribution in [0.1, 0.15) is 42.6 Å². The van der Waals surface area contributed by atoms with Crippen LogP contribution >= 0.6 is 11.6 Å². The largest absolute Gasteiger partial charge is 0.405 e. The number of benzene rings is 2. The summed E-state index contributed by atoms with van der Waals surface area (Å²) in [6.45, 7) is 2.61. The number of nitrogens with two attached hydrogens (primary N) is 1. The Morgan fingerprint density at radius 2 is 1.84 bits per heavy atom. The van der Waals surface area contributed by atoms with Crippen molar-refractivity contribution in [2.45, 2.75) is 44.5 Å². The fourth-order valence-corrected chi connectivity index (χ4v) is 6.11. The Bertz CT molecular complexity index is 2000. The van der Waals surface area contributed by atoms with Crippen LogP contribution < -0.4 is 16.4 Å². The van der Waals surface area contributed by atoms with Gasteiger partial charge in [0, 0.05) is 36.6 Å². The average Bonchev–Trinajstić information content (AvgIpc) is 3.58. The van der Waals surface area contributed by atoms with Gasteiger partial charge in [0.2, 0.25) is 5.91 Å². The van der Waals surface area contributed by atoms with Crippen molar-refractivity contribution >= 4 is 45.8 Å². The van der Waals surface area contributed by atoms with Gasteiger partial charge in [-0.2, -0.15) is 13.2 Å². The van der Waals surface area contributed by atoms with E-state index in [1.54, 1.807) is 38.1 Å². The summed E-state index contributed by atoms with van der Waals surface area (Å²) in [6.07, 6.45) is 2.48. The monoisotopic (exact) mass is 692 g/mol. The number of carbonyl (C=O) groups is 2. The van der Waals surface area contributed by atoms with Gasteiger partial charge in [0.05, 0.1) is 32.7 Å². The SMILES string of the molecule is CN1CCC[C@@H]1/C=C/C(=O)Nc1ccc(-c2c(-c3ccc(C(=O)NCC(F)(F)F)c(Cl)c3)c3c(N)ncc(C#CC(C)(C)O)c3n2C)cc1. The zero-order chi connectivity index (χ0) is 35.7. The van der Waals surface area contributed by atoms with Crippen molar-refractivity contribution in [1.82, 2.24) is 19.8 Å². The first-order valence-corrected chi connectivity index (χ1v) is 15.9. The third-order valence-electron chi connectivity index (χ3n) is 8.17. The van der Waals surface area contributed by atoms with Gasteiger partial charge < -0.3 is 26.0 Å². The summed E-state index contributed by atoms with van der Waals surface area (Å²) in [5.74, 6) is 4.76. The number of nitrogen functional groups attached to an aromatic ring is 1. The standard InChI is InChI=1S/C36H36ClF3N6O3/c1-35(2,49)16-15-23-19-42-33(41)30-29(22-9-13-26(27(37)18-22)34(48)43-20-36(38,39)40)31(46(4)32(23)30)21-7-10-24(11-8-21)44-28(47)14-12-25-6-5-17-45(25)3/h7-14,18-19,25,49H,5-6,17,20H2,1-4H3,(H2,41,42)(H,43,48)(H,44,47)/b14-12+/t25-/m1/s1. The molecule has 0 saturated carbocycles. The molecule has 256 valence electrons. The van der Waals surface area contributed by atoms with Crippen molar-refractivity contribution in [3.05, 3.63) is 77.0 Å². The van der Waals surface area contributed by atoms with E-state index in [9.17, 15) is 27.9 Å². The number of aliphatic hydroxyl groups is 1. The third kappa shape index (κ3) is 8.25. The maximum atomic E-state index is 12.7. The number of nitrogens with one attached hydrogen (secondary N) is 2. The number of likely N-dealkylation sites (N-methyl/N-ethyl adjacent to an activating group) is 1. The van der Waals surface area contributed by atoms with Gasteiger partial charge in [-0.1, -0.05) is 47.7 Å². The minimum atomic E-state index is -4.59. The Balaban J connectivity index is 1.59. The van der Waals surface area contributed by atoms with Crippen molar-refractivity contribution in [3.63, 3.8) is 0 Å². The number of amides is 2. The lowest BCUT2D eigenvalue weighted by Crippen LogP contribution is -2.33. The minimum Gasteiger partial charge on any atom is -0.383 e. The molecule has 5 N–H and O–H groups in total. The number of fused-ring (bicyclic) bond motifs is 1. The molecule has 0 radical (unpaired) electrons. The van der Waals surface area contributed by atoms with Crippen LogP contribution in [-0.2, 0) is 11.8 Å². The van der Waals surface area contributed by atoms with Crippen molar-refractivity contribution < 1.29 is 27.9 Å². The quantitative estimate of drug-likeness (QED) is 0.136. The maximum absolute atomic E-state index is 12.7. The molecule has 2 aromatic carbocycles. The highest BCUT2D eigenvalue weighted by Gasteiger charge is 2.29. The second kappa shape index (κ2) is 14.0. The summed E-state index contributed by atoms with van der Waals surface area (Å²) in [7, 11) is 3.85. The molecular formula is C36H36ClF3N6O3. The number of rotatable bonds is 7. The number of halogens is 4. The summed E-state index contributed by atoms with van der Waals surface area (Å²) < 4.78 is 40.1. The molecule has 4 aromatic rings. The number of pyridine rings is 1. The second-order valence-corrected chi connectivity index (χ2v) is 12.9. The number of hydrogen-bond acceptors (Lipinski definition) is 6. The first kappa shape index (κ1) is 35.5. The Hall–Kier alpha value is -4.83. The molecule has 0 aliphatic carbocycles. The van der Waals surface area contributed by atoms with E-state index in [2.05, 4.69) is 27.0 Å². The second-order valence-electron chi connectivity index (χ2n) is 12.5. The lowest BCUT2D eigenvalue weighted by Gasteiger charge is -2.14. The molecule has 9 nitrogen and oxygen atoms in total. The smallest absolute Gasteiger partial charge is 0.383 e. The van der Waals surface area contributed by atoms with Crippen molar-refractivity contribution in [3.8, 4) is 34.2 Å². The van der Waals surface area contributed by atoms with Gasteiger partial charge >= 0.3 is 6.18 Å². The summed E-state index contributed by atoms with van der Waals surface area (Å²) in [5.41, 5.74) is 9.21. The van der Waals surface area contributed by atoms with Crippen LogP contribution in [0.3, 0.4) is 0 Å². The molecule has 3 heterocycles. The van der Waals surface area contributed by atoms with E-state index < -0.39 is 24.2 Å². The van der Waals surface area contributed by atoms with Gasteiger partial charge in [0.1, 0.15) is 18.0 Å². The summed E-state index contributed by atoms with van der Waals surface area (Å²) >= 11 is 6.50. The van der Waals surface area contributed by atoms with E-state index in [0.717, 1.165) is 24.9 Å². The molecule has 1 aliphatic heterocycles. The zero-order valence-electron chi connectivity index (χ0n) is 27.4. The third-order valence-corrected chi connectivity index (χ3v) is 8.48. The molecule has 0 spiro atoms. The molecule has 2 amide bonds. The topological polar surface area (TPSA) is 126 Å². The lowest BCUT2D eigenvalue weighted by atomic mass is 9.96. The molecular weight excluding hydrogens is 657 g/mol. The fraction of sp³-hybridized carbons (Fsp3) is 0.306. The number of aryl methyl sites for hydroxylation is 1. The van der Waals surface area contributed by atoms with Gasteiger partial charge in [-0.3, -0.25) is 14.5 Å².